The zero-order valence-corrected chi connectivity index (χ0v) is 70.9. The lowest BCUT2D eigenvalue weighted by atomic mass is 9.85. The number of fused-ring (bicyclic) bond motifs is 13. The first-order chi connectivity index (χ1) is 57.8. The average Bonchev–Trinajstić information content (AvgIpc) is 1.63. The molecule has 31 heteroatoms. The van der Waals surface area contributed by atoms with Gasteiger partial charge in [0.15, 0.2) is 23.0 Å². The monoisotopic (exact) mass is 1710 g/mol. The summed E-state index contributed by atoms with van der Waals surface area (Å²) >= 11 is 14.1. The van der Waals surface area contributed by atoms with Crippen LogP contribution >= 0.6 is 23.2 Å². The molecule has 7 aromatic rings. The van der Waals surface area contributed by atoms with Gasteiger partial charge in [-0.25, -0.2) is 0 Å². The SMILES string of the molecule is CCCCCCCCCCC[N+](C)(C)CCCNCc1c(O)cc2c(c1O)-c1c(O)cccc1C1NC(=O)C3NC(=O)C4NC(=O)C(NC(=O)C(N)c5ccc(O)c(c5)Oc5cc(O)cc4c5)C(O)c4ccc(c(Cl)c4)Oc4cc3cc(c4O)Oc3ccc(cc3Cl)C(O)C(NC1=O)C(=O)NC2C(=O)NCCC[N+](C)(C)CCCCCCCCCC. The van der Waals surface area contributed by atoms with Crippen molar-refractivity contribution in [2.24, 2.45) is 5.73 Å². The highest BCUT2D eigenvalue weighted by Crippen LogP contribution is 2.51. The number of carbonyl (C=O) groups excluding carboxylic acids is 7. The average molecular weight is 1710 g/mol. The molecule has 650 valence electrons. The van der Waals surface area contributed by atoms with E-state index in [-0.39, 0.29) is 90.6 Å². The fraction of sp³-hybridized carbons (Fsp3) is 0.456. The molecule has 7 amide bonds. The van der Waals surface area contributed by atoms with Gasteiger partial charge in [0.05, 0.1) is 70.0 Å². The van der Waals surface area contributed by atoms with Gasteiger partial charge >= 0.3 is 0 Å². The maximum absolute atomic E-state index is 16.5. The maximum atomic E-state index is 16.5. The lowest BCUT2D eigenvalue weighted by Crippen LogP contribution is -2.56. The maximum Gasteiger partial charge on any atom is 0.248 e. The Morgan fingerprint density at radius 3 is 1.47 bits per heavy atom. The van der Waals surface area contributed by atoms with Gasteiger partial charge in [-0.1, -0.05) is 151 Å². The summed E-state index contributed by atoms with van der Waals surface area (Å²) in [5.74, 6) is -14.6. The minimum atomic E-state index is -2.28. The molecule has 7 aromatic carbocycles. The van der Waals surface area contributed by atoms with Gasteiger partial charge in [0, 0.05) is 49.7 Å². The molecule has 0 saturated carbocycles. The number of nitrogens with one attached hydrogen (secondary N) is 8. The van der Waals surface area contributed by atoms with E-state index in [1.54, 1.807) is 0 Å². The summed E-state index contributed by atoms with van der Waals surface area (Å²) in [7, 11) is 8.54. The van der Waals surface area contributed by atoms with Crippen molar-refractivity contribution < 1.29 is 97.6 Å². The van der Waals surface area contributed by atoms with Crippen LogP contribution < -0.4 is 62.5 Å². The van der Waals surface area contributed by atoms with E-state index in [4.69, 9.17) is 43.1 Å². The van der Waals surface area contributed by atoms with Gasteiger partial charge in [0.1, 0.15) is 94.7 Å². The van der Waals surface area contributed by atoms with Gasteiger partial charge < -0.3 is 112 Å². The molecule has 13 rings (SSSR count). The van der Waals surface area contributed by atoms with Crippen molar-refractivity contribution in [3.05, 3.63) is 164 Å². The Morgan fingerprint density at radius 2 is 0.909 bits per heavy atom. The minimum Gasteiger partial charge on any atom is -0.508 e. The Bertz CT molecular complexity index is 4910. The van der Waals surface area contributed by atoms with Crippen LogP contribution in [0.2, 0.25) is 10.0 Å². The molecule has 0 radical (unpaired) electrons. The van der Waals surface area contributed by atoms with E-state index in [2.05, 4.69) is 84.6 Å². The number of amides is 7. The third-order valence-corrected chi connectivity index (χ3v) is 23.6. The van der Waals surface area contributed by atoms with Gasteiger partial charge in [-0.2, -0.15) is 0 Å². The molecule has 6 aliphatic rings. The molecule has 18 N–H and O–H groups in total. The summed E-state index contributed by atoms with van der Waals surface area (Å²) < 4.78 is 20.2. The number of benzene rings is 7. The normalized spacial score (nSPS) is 19.9. The number of hydrogen-bond acceptors (Lipinski definition) is 20. The molecule has 9 atom stereocenters. The number of aliphatic hydroxyl groups excluding tert-OH is 2. The number of nitrogens with two attached hydrogens (primary N) is 1. The lowest BCUT2D eigenvalue weighted by molar-refractivity contribution is -0.890. The molecule has 0 fully saturated rings. The van der Waals surface area contributed by atoms with Crippen LogP contribution in [0.3, 0.4) is 0 Å². The van der Waals surface area contributed by atoms with Crippen LogP contribution in [0.1, 0.15) is 223 Å². The minimum absolute atomic E-state index is 0.0413. The van der Waals surface area contributed by atoms with Gasteiger partial charge in [-0.3, -0.25) is 33.6 Å². The van der Waals surface area contributed by atoms with Crippen LogP contribution in [-0.2, 0) is 40.1 Å². The van der Waals surface area contributed by atoms with Crippen LogP contribution in [0.15, 0.2) is 109 Å². The number of carbonyl (C=O) groups is 7. The Balaban J connectivity index is 1.04. The molecule has 0 aromatic heterocycles. The summed E-state index contributed by atoms with van der Waals surface area (Å²) in [6, 6.07) is 6.88. The van der Waals surface area contributed by atoms with Gasteiger partial charge in [-0.05, 0) is 137 Å². The number of aliphatic hydroxyl groups is 2. The van der Waals surface area contributed by atoms with E-state index in [1.165, 1.54) is 156 Å². The second-order valence-electron chi connectivity index (χ2n) is 33.3. The van der Waals surface area contributed by atoms with Gasteiger partial charge in [0.2, 0.25) is 47.1 Å². The van der Waals surface area contributed by atoms with E-state index in [1.807, 2.05) is 0 Å². The molecule has 29 nitrogen and oxygen atoms in total. The Kier molecular flexibility index (Phi) is 31.1. The molecule has 6 heterocycles. The number of halogens is 2. The Morgan fingerprint density at radius 1 is 0.430 bits per heavy atom. The molecule has 0 spiro atoms. The summed E-state index contributed by atoms with van der Waals surface area (Å²) in [5.41, 5.74) is 3.86. The molecular weight excluding hydrogens is 1590 g/mol. The highest BCUT2D eigenvalue weighted by atomic mass is 35.5. The fourth-order valence-corrected chi connectivity index (χ4v) is 16.5. The smallest absolute Gasteiger partial charge is 0.248 e. The summed E-state index contributed by atoms with van der Waals surface area (Å²) in [5, 5.41) is 120. The number of aromatic hydroxyl groups is 6. The molecule has 121 heavy (non-hydrogen) atoms. The molecule has 6 aliphatic heterocycles. The first-order valence-electron chi connectivity index (χ1n) is 42.0. The number of nitrogens with zero attached hydrogens (tertiary/aromatic N) is 2. The second kappa shape index (κ2) is 41.3. The highest BCUT2D eigenvalue weighted by molar-refractivity contribution is 6.32. The standard InChI is InChI=1S/C90H113Cl2N11O18/c1-7-9-11-13-15-17-19-21-22-37-102(3,4)39-25-35-94-50-60-65(107)49-59-72(82(60)110)71-58(27-24-28-64(71)106)76-88(116)101-79(90(118)99-77(59)85(113)95-36-26-40-103(5,6)38-23-20-18-16-14-12-10-8-2)81(109)53-31-34-67(62(92)44-53)121-70-47-55-46-69(83(70)111)120-66-33-30-52(43-61(66)91)80(108)78-89(117)97-74(86(114)96-75(55)87(115)98-76)54-41-56(104)48-57(42-54)119-68-45-51(29-32-63(68)105)73(93)84(112)100-78/h24,27-34,41-49,73-81,94,108-109H,7-23,25-26,35-40,50,93H2,1-6H3,(H11-2,95,96,97,98,99,100,101,104,105,106,107,110,111,112,113,114,115,116,117,118)/p+2. The lowest BCUT2D eigenvalue weighted by Gasteiger charge is -2.31. The predicted molar refractivity (Wildman–Crippen MR) is 456 cm³/mol. The first kappa shape index (κ1) is 91.1. The van der Waals surface area contributed by atoms with Crippen LogP contribution in [0.25, 0.3) is 11.1 Å². The summed E-state index contributed by atoms with van der Waals surface area (Å²) in [6.07, 6.45) is 16.8. The zero-order valence-electron chi connectivity index (χ0n) is 69.4. The van der Waals surface area contributed by atoms with E-state index in [0.29, 0.717) is 30.4 Å². The quantitative estimate of drug-likeness (QED) is 0.0147. The van der Waals surface area contributed by atoms with Crippen LogP contribution in [-0.4, -0.2) is 171 Å². The van der Waals surface area contributed by atoms with Crippen molar-refractivity contribution in [3.63, 3.8) is 0 Å². The third-order valence-electron chi connectivity index (χ3n) is 23.0. The number of ether oxygens (including phenoxy) is 3. The molecule has 0 aliphatic carbocycles. The van der Waals surface area contributed by atoms with Crippen LogP contribution in [0.5, 0.6) is 69.0 Å². The third kappa shape index (κ3) is 23.0. The van der Waals surface area contributed by atoms with E-state index >= 15 is 28.8 Å². The van der Waals surface area contributed by atoms with Crippen molar-refractivity contribution in [1.82, 2.24) is 42.5 Å². The number of phenolic OH excluding ortho intramolecular Hbond substituents is 6. The highest BCUT2D eigenvalue weighted by Gasteiger charge is 2.44. The van der Waals surface area contributed by atoms with E-state index in [0.717, 1.165) is 86.6 Å². The fourth-order valence-electron chi connectivity index (χ4n) is 16.0. The molecular formula is C90H115Cl2N11O18+2. The van der Waals surface area contributed by atoms with E-state index in [9.17, 15) is 45.6 Å². The number of phenols is 6. The summed E-state index contributed by atoms with van der Waals surface area (Å²) in [4.78, 5) is 110. The Labute approximate surface area is 714 Å². The topological polar surface area (TPSA) is 431 Å². The van der Waals surface area contributed by atoms with Gasteiger partial charge in [0.25, 0.3) is 0 Å². The van der Waals surface area contributed by atoms with Gasteiger partial charge in [-0.15, -0.1) is 0 Å². The van der Waals surface area contributed by atoms with E-state index < -0.39 is 153 Å². The first-order valence-corrected chi connectivity index (χ1v) is 42.7. The van der Waals surface area contributed by atoms with Crippen molar-refractivity contribution in [2.75, 3.05) is 67.5 Å². The number of rotatable bonds is 30. The number of quaternary nitrogens is 2. The Hall–Kier alpha value is -10.6. The summed E-state index contributed by atoms with van der Waals surface area (Å²) in [6.45, 7) is 7.79. The number of hydrogen-bond donors (Lipinski definition) is 17. The van der Waals surface area contributed by atoms with Crippen molar-refractivity contribution in [1.29, 1.82) is 0 Å². The second-order valence-corrected chi connectivity index (χ2v) is 34.1. The molecule has 15 bridgehead atoms. The molecule has 0 saturated heterocycles. The number of unbranched alkanes of at least 4 members (excludes halogenated alkanes) is 15. The van der Waals surface area contributed by atoms with Crippen molar-refractivity contribution in [3.8, 4) is 80.1 Å². The predicted octanol–water partition coefficient (Wildman–Crippen LogP) is 12.2. The van der Waals surface area contributed by atoms with Crippen LogP contribution in [0, 0.1) is 0 Å². The van der Waals surface area contributed by atoms with Crippen molar-refractivity contribution in [2.45, 2.75) is 197 Å². The zero-order chi connectivity index (χ0) is 87.0. The van der Waals surface area contributed by atoms with Crippen molar-refractivity contribution >= 4 is 64.6 Å². The van der Waals surface area contributed by atoms with Crippen LogP contribution in [0.4, 0.5) is 0 Å². The largest absolute Gasteiger partial charge is 0.508 e. The molecule has 9 unspecified atom stereocenters.